The van der Waals surface area contributed by atoms with Crippen molar-refractivity contribution in [3.05, 3.63) is 29.8 Å². The van der Waals surface area contributed by atoms with Crippen LogP contribution in [0.15, 0.2) is 24.3 Å². The largest absolute Gasteiger partial charge is 0.508 e. The van der Waals surface area contributed by atoms with Crippen LogP contribution in [0.2, 0.25) is 0 Å². The van der Waals surface area contributed by atoms with Gasteiger partial charge < -0.3 is 42.3 Å². The molecule has 0 saturated carbocycles. The molecule has 1 saturated heterocycles. The van der Waals surface area contributed by atoms with Gasteiger partial charge in [-0.2, -0.15) is 0 Å². The van der Waals surface area contributed by atoms with Crippen molar-refractivity contribution in [2.24, 2.45) is 11.5 Å². The highest BCUT2D eigenvalue weighted by Gasteiger charge is 2.38. The van der Waals surface area contributed by atoms with Gasteiger partial charge in [-0.05, 0) is 43.9 Å². The average Bonchev–Trinajstić information content (AvgIpc) is 3.31. The molecule has 13 heteroatoms. The zero-order valence-electron chi connectivity index (χ0n) is 19.9. The van der Waals surface area contributed by atoms with Crippen molar-refractivity contribution in [2.75, 3.05) is 6.54 Å². The lowest BCUT2D eigenvalue weighted by molar-refractivity contribution is -0.143. The van der Waals surface area contributed by atoms with Gasteiger partial charge in [-0.3, -0.25) is 19.2 Å². The van der Waals surface area contributed by atoms with Crippen LogP contribution in [0.25, 0.3) is 0 Å². The number of rotatable bonds is 12. The first kappa shape index (κ1) is 28.5. The Hall–Kier alpha value is -3.71. The molecule has 0 bridgehead atoms. The maximum Gasteiger partial charge on any atom is 0.326 e. The summed E-state index contributed by atoms with van der Waals surface area (Å²) in [6.07, 6.45) is -0.850. The average molecular weight is 508 g/mol. The fourth-order valence-corrected chi connectivity index (χ4v) is 3.86. The Labute approximate surface area is 207 Å². The number of carboxylic acid groups (broad SMARTS) is 1. The van der Waals surface area contributed by atoms with Gasteiger partial charge >= 0.3 is 5.97 Å². The third-order valence-corrected chi connectivity index (χ3v) is 5.95. The van der Waals surface area contributed by atoms with Crippen LogP contribution in [0.5, 0.6) is 5.75 Å². The summed E-state index contributed by atoms with van der Waals surface area (Å²) in [5.74, 6) is -4.16. The maximum absolute atomic E-state index is 13.1. The molecule has 1 aliphatic heterocycles. The predicted molar refractivity (Wildman–Crippen MR) is 126 cm³/mol. The number of carbonyl (C=O) groups is 5. The van der Waals surface area contributed by atoms with Gasteiger partial charge in [0.15, 0.2) is 0 Å². The molecule has 0 aromatic heterocycles. The summed E-state index contributed by atoms with van der Waals surface area (Å²) >= 11 is 0. The highest BCUT2D eigenvalue weighted by atomic mass is 16.4. The van der Waals surface area contributed by atoms with Gasteiger partial charge in [0.1, 0.15) is 29.9 Å². The zero-order chi connectivity index (χ0) is 27.0. The van der Waals surface area contributed by atoms with E-state index in [2.05, 4.69) is 10.6 Å². The van der Waals surface area contributed by atoms with Crippen molar-refractivity contribution >= 4 is 29.6 Å². The summed E-state index contributed by atoms with van der Waals surface area (Å²) in [5.41, 5.74) is 11.4. The molecule has 198 valence electrons. The molecule has 1 fully saturated rings. The van der Waals surface area contributed by atoms with Crippen LogP contribution in [-0.4, -0.2) is 86.6 Å². The van der Waals surface area contributed by atoms with E-state index in [1.807, 2.05) is 0 Å². The topological polar surface area (TPSA) is 225 Å². The minimum absolute atomic E-state index is 0.00394. The number of primary amides is 1. The van der Waals surface area contributed by atoms with Gasteiger partial charge in [-0.25, -0.2) is 4.79 Å². The number of hydrogen-bond donors (Lipinski definition) is 7. The molecule has 0 aliphatic carbocycles. The number of aliphatic hydroxyl groups excluding tert-OH is 1. The van der Waals surface area contributed by atoms with Gasteiger partial charge in [-0.15, -0.1) is 0 Å². The van der Waals surface area contributed by atoms with Gasteiger partial charge in [0.2, 0.25) is 23.6 Å². The minimum Gasteiger partial charge on any atom is -0.508 e. The number of nitrogens with zero attached hydrogens (tertiary/aromatic N) is 1. The van der Waals surface area contributed by atoms with Crippen molar-refractivity contribution in [2.45, 2.75) is 69.3 Å². The molecular formula is C23H33N5O8. The number of amides is 4. The number of aliphatic hydroxyl groups is 1. The fraction of sp³-hybridized carbons (Fsp3) is 0.522. The Morgan fingerprint density at radius 3 is 2.31 bits per heavy atom. The molecule has 13 nitrogen and oxygen atoms in total. The summed E-state index contributed by atoms with van der Waals surface area (Å²) in [7, 11) is 0. The molecule has 2 rings (SSSR count). The molecule has 0 spiro atoms. The lowest BCUT2D eigenvalue weighted by Crippen LogP contribution is -2.58. The number of carboxylic acids is 1. The number of aliphatic carboxylic acids is 1. The van der Waals surface area contributed by atoms with Crippen LogP contribution in [0.4, 0.5) is 0 Å². The first-order valence-electron chi connectivity index (χ1n) is 11.5. The number of phenolic OH excluding ortho intramolecular Hbond substituents is 1. The molecule has 1 aromatic rings. The molecule has 5 unspecified atom stereocenters. The van der Waals surface area contributed by atoms with E-state index in [4.69, 9.17) is 11.5 Å². The Balaban J connectivity index is 2.22. The normalized spacial score (nSPS) is 18.5. The Bertz CT molecular complexity index is 968. The fourth-order valence-electron chi connectivity index (χ4n) is 3.86. The van der Waals surface area contributed by atoms with E-state index >= 15 is 0 Å². The number of benzene rings is 1. The van der Waals surface area contributed by atoms with Crippen LogP contribution in [0.1, 0.15) is 38.2 Å². The number of nitrogens with two attached hydrogens (primary N) is 2. The Morgan fingerprint density at radius 2 is 1.75 bits per heavy atom. The molecule has 36 heavy (non-hydrogen) atoms. The summed E-state index contributed by atoms with van der Waals surface area (Å²) in [6.45, 7) is 1.61. The minimum atomic E-state index is -1.42. The molecule has 9 N–H and O–H groups in total. The quantitative estimate of drug-likeness (QED) is 0.165. The van der Waals surface area contributed by atoms with Crippen LogP contribution < -0.4 is 22.1 Å². The number of likely N-dealkylation sites (tertiary alicyclic amines) is 1. The number of hydrogen-bond acceptors (Lipinski definition) is 8. The zero-order valence-corrected chi connectivity index (χ0v) is 19.9. The third-order valence-electron chi connectivity index (χ3n) is 5.95. The van der Waals surface area contributed by atoms with Crippen LogP contribution in [-0.2, 0) is 30.4 Å². The number of carbonyl (C=O) groups excluding carboxylic acids is 4. The van der Waals surface area contributed by atoms with E-state index in [0.29, 0.717) is 18.4 Å². The van der Waals surface area contributed by atoms with E-state index in [9.17, 15) is 39.3 Å². The van der Waals surface area contributed by atoms with E-state index in [1.165, 1.54) is 36.1 Å². The third kappa shape index (κ3) is 7.92. The second-order valence-corrected chi connectivity index (χ2v) is 8.79. The lowest BCUT2D eigenvalue weighted by Gasteiger charge is -2.29. The highest BCUT2D eigenvalue weighted by Crippen LogP contribution is 2.20. The van der Waals surface area contributed by atoms with Gasteiger partial charge in [0.05, 0.1) is 6.10 Å². The molecule has 1 aromatic carbocycles. The van der Waals surface area contributed by atoms with Gasteiger partial charge in [0.25, 0.3) is 0 Å². The van der Waals surface area contributed by atoms with E-state index in [-0.39, 0.29) is 31.6 Å². The summed E-state index contributed by atoms with van der Waals surface area (Å²) in [6, 6.07) is 1.08. The maximum atomic E-state index is 13.1. The molecule has 4 amide bonds. The van der Waals surface area contributed by atoms with Crippen LogP contribution in [0.3, 0.4) is 0 Å². The predicted octanol–water partition coefficient (Wildman–Crippen LogP) is -2.05. The molecule has 1 heterocycles. The lowest BCUT2D eigenvalue weighted by atomic mass is 10.0. The number of aromatic hydroxyl groups is 1. The van der Waals surface area contributed by atoms with Gasteiger partial charge in [0, 0.05) is 19.4 Å². The van der Waals surface area contributed by atoms with Gasteiger partial charge in [-0.1, -0.05) is 12.1 Å². The van der Waals surface area contributed by atoms with Crippen molar-refractivity contribution in [3.63, 3.8) is 0 Å². The van der Waals surface area contributed by atoms with Crippen LogP contribution >= 0.6 is 0 Å². The van der Waals surface area contributed by atoms with Crippen molar-refractivity contribution in [1.29, 1.82) is 0 Å². The summed E-state index contributed by atoms with van der Waals surface area (Å²) < 4.78 is 0. The van der Waals surface area contributed by atoms with Crippen LogP contribution in [0, 0.1) is 0 Å². The monoisotopic (exact) mass is 507 g/mol. The summed E-state index contributed by atoms with van der Waals surface area (Å²) in [4.78, 5) is 62.7. The van der Waals surface area contributed by atoms with E-state index < -0.39 is 59.9 Å². The highest BCUT2D eigenvalue weighted by molar-refractivity contribution is 5.94. The Morgan fingerprint density at radius 1 is 1.11 bits per heavy atom. The standard InChI is InChI=1S/C23H33N5O8/c1-12(29)19(25)22(34)28-10-2-3-17(28)21(33)27-16(11-13-4-6-14(30)7-5-13)20(32)26-15(23(35)36)8-9-18(24)31/h4-7,12,15-17,19,29-30H,2-3,8-11,25H2,1H3,(H2,24,31)(H,26,32)(H,27,33)(H,35,36). The second-order valence-electron chi connectivity index (χ2n) is 8.79. The van der Waals surface area contributed by atoms with E-state index in [0.717, 1.165) is 0 Å². The SMILES string of the molecule is CC(O)C(N)C(=O)N1CCCC1C(=O)NC(Cc1ccc(O)cc1)C(=O)NC(CCC(N)=O)C(=O)O. The van der Waals surface area contributed by atoms with Crippen molar-refractivity contribution < 1.29 is 39.3 Å². The molecule has 0 radical (unpaired) electrons. The number of phenols is 1. The second kappa shape index (κ2) is 12.8. The summed E-state index contributed by atoms with van der Waals surface area (Å²) in [5, 5.41) is 33.5. The molecular weight excluding hydrogens is 474 g/mol. The Kier molecular flexibility index (Phi) is 10.2. The first-order chi connectivity index (χ1) is 16.9. The van der Waals surface area contributed by atoms with Crippen molar-refractivity contribution in [3.8, 4) is 5.75 Å². The smallest absolute Gasteiger partial charge is 0.326 e. The first-order valence-corrected chi connectivity index (χ1v) is 11.5. The van der Waals surface area contributed by atoms with Crippen molar-refractivity contribution in [1.82, 2.24) is 15.5 Å². The number of nitrogens with one attached hydrogen (secondary N) is 2. The molecule has 1 aliphatic rings. The van der Waals surface area contributed by atoms with E-state index in [1.54, 1.807) is 0 Å². The molecule has 5 atom stereocenters.